The Balaban J connectivity index is 0.843. The predicted molar refractivity (Wildman–Crippen MR) is 305 cm³/mol. The van der Waals surface area contributed by atoms with Crippen LogP contribution in [0.1, 0.15) is 22.3 Å². The number of benzene rings is 11. The average Bonchev–Trinajstić information content (AvgIpc) is 4.42. The molecule has 2 aliphatic carbocycles. The minimum atomic E-state index is -0.417. The maximum absolute atomic E-state index is 6.70. The van der Waals surface area contributed by atoms with Crippen LogP contribution in [0.15, 0.2) is 250 Å². The minimum absolute atomic E-state index is 0.417. The summed E-state index contributed by atoms with van der Waals surface area (Å²) < 4.78 is 19.7. The molecule has 1 spiro atoms. The van der Waals surface area contributed by atoms with E-state index in [0.29, 0.717) is 17.5 Å². The van der Waals surface area contributed by atoms with Gasteiger partial charge in [-0.25, -0.2) is 15.0 Å². The van der Waals surface area contributed by atoms with Gasteiger partial charge in [0.15, 0.2) is 17.5 Å². The van der Waals surface area contributed by atoms with Crippen LogP contribution in [0.5, 0.6) is 0 Å². The second kappa shape index (κ2) is 15.4. The maximum atomic E-state index is 6.70. The quantitative estimate of drug-likeness (QED) is 0.171. The lowest BCUT2D eigenvalue weighted by molar-refractivity contribution is 0.668. The highest BCUT2D eigenvalue weighted by atomic mass is 16.3. The molecule has 11 aromatic carbocycles. The SMILES string of the molecule is c1cc(-c2ccc3oc4cccc(-c5nc(-c6cccc7c6oc6ccccc67)nc(-c6cccc7oc8ccccc8c67)n5)c4c3c2)cc(-c2cccc3c2-c2ccccc2C32c3ccccc3-c3ccccc32)c1. The molecule has 0 N–H and O–H groups in total. The van der Waals surface area contributed by atoms with Gasteiger partial charge in [-0.3, -0.25) is 0 Å². The van der Waals surface area contributed by atoms with Crippen LogP contribution in [0.4, 0.5) is 0 Å². The lowest BCUT2D eigenvalue weighted by Crippen LogP contribution is -2.25. The molecule has 2 aliphatic rings. The molecule has 0 unspecified atom stereocenters. The molecular weight excluding hydrogens is 931 g/mol. The second-order valence-electron chi connectivity index (χ2n) is 20.1. The summed E-state index contributed by atoms with van der Waals surface area (Å²) in [5, 5.41) is 5.86. The fraction of sp³-hybridized carbons (Fsp3) is 0.0143. The molecule has 0 radical (unpaired) electrons. The van der Waals surface area contributed by atoms with E-state index in [4.69, 9.17) is 28.2 Å². The van der Waals surface area contributed by atoms with Crippen molar-refractivity contribution in [1.29, 1.82) is 0 Å². The van der Waals surface area contributed by atoms with E-state index in [1.807, 2.05) is 72.8 Å². The van der Waals surface area contributed by atoms with Crippen molar-refractivity contribution in [2.45, 2.75) is 5.41 Å². The van der Waals surface area contributed by atoms with Crippen LogP contribution in [0.3, 0.4) is 0 Å². The normalized spacial score (nSPS) is 13.1. The van der Waals surface area contributed by atoms with E-state index in [9.17, 15) is 0 Å². The number of furan rings is 3. The van der Waals surface area contributed by atoms with Crippen molar-refractivity contribution < 1.29 is 13.3 Å². The summed E-state index contributed by atoms with van der Waals surface area (Å²) in [7, 11) is 0. The van der Waals surface area contributed by atoms with Crippen LogP contribution in [0.25, 0.3) is 144 Å². The van der Waals surface area contributed by atoms with E-state index in [2.05, 4.69) is 164 Å². The van der Waals surface area contributed by atoms with Gasteiger partial charge < -0.3 is 13.3 Å². The van der Waals surface area contributed by atoms with Crippen LogP contribution >= 0.6 is 0 Å². The molecule has 6 heteroatoms. The summed E-state index contributed by atoms with van der Waals surface area (Å²) >= 11 is 0. The summed E-state index contributed by atoms with van der Waals surface area (Å²) in [4.78, 5) is 16.0. The van der Waals surface area contributed by atoms with Gasteiger partial charge in [-0.05, 0) is 115 Å². The van der Waals surface area contributed by atoms with Gasteiger partial charge in [0, 0.05) is 43.4 Å². The van der Waals surface area contributed by atoms with Crippen molar-refractivity contribution in [1.82, 2.24) is 15.0 Å². The summed E-state index contributed by atoms with van der Waals surface area (Å²) in [5.74, 6) is 1.54. The van der Waals surface area contributed by atoms with Crippen molar-refractivity contribution in [3.63, 3.8) is 0 Å². The van der Waals surface area contributed by atoms with Gasteiger partial charge in [0.05, 0.1) is 11.0 Å². The van der Waals surface area contributed by atoms with Gasteiger partial charge in [0.1, 0.15) is 33.5 Å². The summed E-state index contributed by atoms with van der Waals surface area (Å²) in [6.07, 6.45) is 0. The van der Waals surface area contributed by atoms with E-state index < -0.39 is 5.41 Å². The molecule has 76 heavy (non-hydrogen) atoms. The van der Waals surface area contributed by atoms with Gasteiger partial charge in [-0.1, -0.05) is 188 Å². The van der Waals surface area contributed by atoms with Crippen LogP contribution in [-0.4, -0.2) is 15.0 Å². The Bertz CT molecular complexity index is 4930. The maximum Gasteiger partial charge on any atom is 0.167 e. The van der Waals surface area contributed by atoms with E-state index in [-0.39, 0.29) is 0 Å². The highest BCUT2D eigenvalue weighted by Crippen LogP contribution is 2.64. The first kappa shape index (κ1) is 41.3. The molecule has 17 rings (SSSR count). The topological polar surface area (TPSA) is 78.1 Å². The molecule has 0 saturated carbocycles. The molecule has 0 bridgehead atoms. The highest BCUT2D eigenvalue weighted by molar-refractivity contribution is 6.15. The summed E-state index contributed by atoms with van der Waals surface area (Å²) in [5.41, 5.74) is 21.7. The zero-order valence-electron chi connectivity index (χ0n) is 40.6. The van der Waals surface area contributed by atoms with Gasteiger partial charge >= 0.3 is 0 Å². The molecular formula is C70H39N3O3. The zero-order valence-corrected chi connectivity index (χ0v) is 40.6. The van der Waals surface area contributed by atoms with Crippen molar-refractivity contribution in [2.75, 3.05) is 0 Å². The Morgan fingerprint density at radius 1 is 0.263 bits per heavy atom. The van der Waals surface area contributed by atoms with Gasteiger partial charge in [-0.15, -0.1) is 0 Å². The first-order chi connectivity index (χ1) is 37.7. The lowest BCUT2D eigenvalue weighted by Gasteiger charge is -2.30. The molecule has 0 fully saturated rings. The molecule has 0 atom stereocenters. The zero-order chi connectivity index (χ0) is 49.6. The Hall–Kier alpha value is -10.2. The number of rotatable bonds is 5. The molecule has 0 aliphatic heterocycles. The Morgan fingerprint density at radius 3 is 1.43 bits per heavy atom. The Labute approximate surface area is 434 Å². The number of hydrogen-bond acceptors (Lipinski definition) is 6. The third kappa shape index (κ3) is 5.62. The molecule has 15 aromatic rings. The van der Waals surface area contributed by atoms with Crippen LogP contribution in [-0.2, 0) is 5.41 Å². The Kier molecular flexibility index (Phi) is 8.39. The largest absolute Gasteiger partial charge is 0.456 e. The molecule has 4 aromatic heterocycles. The van der Waals surface area contributed by atoms with E-state index in [1.54, 1.807) is 0 Å². The third-order valence-corrected chi connectivity index (χ3v) is 16.2. The summed E-state index contributed by atoms with van der Waals surface area (Å²) in [6.45, 7) is 0. The molecule has 0 amide bonds. The molecule has 0 saturated heterocycles. The number of para-hydroxylation sites is 3. The second-order valence-corrected chi connectivity index (χ2v) is 20.1. The number of hydrogen-bond donors (Lipinski definition) is 0. The van der Waals surface area contributed by atoms with Crippen molar-refractivity contribution in [3.8, 4) is 78.7 Å². The van der Waals surface area contributed by atoms with Crippen molar-refractivity contribution in [3.05, 3.63) is 259 Å². The van der Waals surface area contributed by atoms with Crippen LogP contribution in [0.2, 0.25) is 0 Å². The predicted octanol–water partition coefficient (Wildman–Crippen LogP) is 18.2. The molecule has 352 valence electrons. The van der Waals surface area contributed by atoms with Gasteiger partial charge in [0.25, 0.3) is 0 Å². The molecule has 6 nitrogen and oxygen atoms in total. The Morgan fingerprint density at radius 2 is 0.711 bits per heavy atom. The fourth-order valence-electron chi connectivity index (χ4n) is 13.1. The highest BCUT2D eigenvalue weighted by Gasteiger charge is 2.52. The van der Waals surface area contributed by atoms with Gasteiger partial charge in [0.2, 0.25) is 0 Å². The van der Waals surface area contributed by atoms with Crippen LogP contribution in [0, 0.1) is 0 Å². The van der Waals surface area contributed by atoms with Gasteiger partial charge in [-0.2, -0.15) is 0 Å². The summed E-state index contributed by atoms with van der Waals surface area (Å²) in [6, 6.07) is 84.0. The number of fused-ring (bicyclic) bond motifs is 19. The first-order valence-corrected chi connectivity index (χ1v) is 25.7. The molecule has 4 heterocycles. The van der Waals surface area contributed by atoms with Crippen LogP contribution < -0.4 is 0 Å². The monoisotopic (exact) mass is 969 g/mol. The lowest BCUT2D eigenvalue weighted by atomic mass is 9.70. The van der Waals surface area contributed by atoms with E-state index in [0.717, 1.165) is 99.2 Å². The van der Waals surface area contributed by atoms with Crippen molar-refractivity contribution >= 4 is 65.8 Å². The fourth-order valence-corrected chi connectivity index (χ4v) is 13.1. The number of aromatic nitrogens is 3. The van der Waals surface area contributed by atoms with Crippen molar-refractivity contribution in [2.24, 2.45) is 0 Å². The average molecular weight is 970 g/mol. The first-order valence-electron chi connectivity index (χ1n) is 25.7. The third-order valence-electron chi connectivity index (χ3n) is 16.2. The van der Waals surface area contributed by atoms with E-state index >= 15 is 0 Å². The standard InChI is InChI=1S/C70H39N3O3/c1-6-28-54-44(18-1)45-19-2-7-29-55(45)70(54)56-30-8-3-21-48(56)63-43(23-13-31-57(63)70)42-17-11-16-40(38-42)41-36-37-60-53(39-41)65-51(26-15-35-62(65)75-60)68-71-67(50-25-14-34-61-64(50)49-22-5-10-33-59(49)74-61)72-69(73-68)52-27-12-24-47-46-20-4-9-32-58(46)76-66(47)52/h1-39H. The van der Waals surface area contributed by atoms with E-state index in [1.165, 1.54) is 50.1 Å². The minimum Gasteiger partial charge on any atom is -0.456 e. The smallest absolute Gasteiger partial charge is 0.167 e. The number of nitrogens with zero attached hydrogens (tertiary/aromatic N) is 3.